The van der Waals surface area contributed by atoms with Crippen LogP contribution >= 0.6 is 11.8 Å². The molecule has 0 aliphatic rings. The van der Waals surface area contributed by atoms with Gasteiger partial charge in [-0.2, -0.15) is 11.8 Å². The SMILES string of the molecule is CCCCSCC(C)(O)c1ccccc1. The van der Waals surface area contributed by atoms with Gasteiger partial charge in [0.15, 0.2) is 0 Å². The zero-order valence-corrected chi connectivity index (χ0v) is 10.4. The van der Waals surface area contributed by atoms with Crippen LogP contribution in [0.2, 0.25) is 0 Å². The first-order valence-electron chi connectivity index (χ1n) is 5.52. The van der Waals surface area contributed by atoms with Gasteiger partial charge in [0.1, 0.15) is 0 Å². The van der Waals surface area contributed by atoms with E-state index in [4.69, 9.17) is 0 Å². The predicted octanol–water partition coefficient (Wildman–Crippen LogP) is 3.43. The summed E-state index contributed by atoms with van der Waals surface area (Å²) < 4.78 is 0. The van der Waals surface area contributed by atoms with Crippen molar-refractivity contribution < 1.29 is 5.11 Å². The van der Waals surface area contributed by atoms with Crippen molar-refractivity contribution in [2.24, 2.45) is 0 Å². The van der Waals surface area contributed by atoms with Gasteiger partial charge in [0, 0.05) is 5.75 Å². The van der Waals surface area contributed by atoms with Crippen LogP contribution in [0.3, 0.4) is 0 Å². The second kappa shape index (κ2) is 6.19. The number of unbranched alkanes of at least 4 members (excludes halogenated alkanes) is 1. The lowest BCUT2D eigenvalue weighted by atomic mass is 9.99. The van der Waals surface area contributed by atoms with Crippen LogP contribution in [0.1, 0.15) is 32.3 Å². The van der Waals surface area contributed by atoms with E-state index in [1.54, 1.807) is 0 Å². The molecular formula is C13H20OS. The third kappa shape index (κ3) is 4.27. The van der Waals surface area contributed by atoms with E-state index in [0.717, 1.165) is 17.1 Å². The zero-order valence-electron chi connectivity index (χ0n) is 9.57. The van der Waals surface area contributed by atoms with Crippen LogP contribution in [0.4, 0.5) is 0 Å². The molecule has 2 heteroatoms. The molecule has 1 unspecified atom stereocenters. The van der Waals surface area contributed by atoms with Crippen LogP contribution in [0.25, 0.3) is 0 Å². The van der Waals surface area contributed by atoms with Gasteiger partial charge in [-0.25, -0.2) is 0 Å². The second-order valence-electron chi connectivity index (χ2n) is 4.05. The Hall–Kier alpha value is -0.470. The first-order chi connectivity index (χ1) is 7.17. The molecule has 0 heterocycles. The molecule has 0 fully saturated rings. The molecule has 0 aliphatic heterocycles. The van der Waals surface area contributed by atoms with Crippen molar-refractivity contribution in [2.75, 3.05) is 11.5 Å². The van der Waals surface area contributed by atoms with E-state index in [9.17, 15) is 5.11 Å². The Morgan fingerprint density at radius 3 is 2.53 bits per heavy atom. The minimum atomic E-state index is -0.695. The number of hydrogen-bond donors (Lipinski definition) is 1. The van der Waals surface area contributed by atoms with Crippen LogP contribution in [-0.4, -0.2) is 16.6 Å². The van der Waals surface area contributed by atoms with E-state index in [2.05, 4.69) is 6.92 Å². The molecule has 1 aromatic rings. The van der Waals surface area contributed by atoms with Crippen molar-refractivity contribution in [2.45, 2.75) is 32.3 Å². The second-order valence-corrected chi connectivity index (χ2v) is 5.15. The molecule has 15 heavy (non-hydrogen) atoms. The Morgan fingerprint density at radius 2 is 1.93 bits per heavy atom. The van der Waals surface area contributed by atoms with Crippen molar-refractivity contribution in [3.63, 3.8) is 0 Å². The molecule has 1 atom stereocenters. The average molecular weight is 224 g/mol. The molecule has 1 aromatic carbocycles. The highest BCUT2D eigenvalue weighted by molar-refractivity contribution is 7.99. The Labute approximate surface area is 96.9 Å². The van der Waals surface area contributed by atoms with Gasteiger partial charge in [-0.1, -0.05) is 43.7 Å². The van der Waals surface area contributed by atoms with Gasteiger partial charge in [0.05, 0.1) is 5.60 Å². The molecule has 0 aromatic heterocycles. The maximum absolute atomic E-state index is 10.3. The highest BCUT2D eigenvalue weighted by atomic mass is 32.2. The maximum Gasteiger partial charge on any atom is 0.0958 e. The van der Waals surface area contributed by atoms with Gasteiger partial charge in [-0.05, 0) is 24.7 Å². The maximum atomic E-state index is 10.3. The molecule has 0 amide bonds. The minimum Gasteiger partial charge on any atom is -0.385 e. The van der Waals surface area contributed by atoms with E-state index in [1.165, 1.54) is 12.8 Å². The van der Waals surface area contributed by atoms with Crippen molar-refractivity contribution >= 4 is 11.8 Å². The van der Waals surface area contributed by atoms with Crippen LogP contribution < -0.4 is 0 Å². The Balaban J connectivity index is 2.45. The molecule has 0 radical (unpaired) electrons. The summed E-state index contributed by atoms with van der Waals surface area (Å²) in [5.41, 5.74) is 0.314. The molecule has 1 rings (SSSR count). The van der Waals surface area contributed by atoms with Gasteiger partial charge in [0.25, 0.3) is 0 Å². The Morgan fingerprint density at radius 1 is 1.27 bits per heavy atom. The largest absolute Gasteiger partial charge is 0.385 e. The fraction of sp³-hybridized carbons (Fsp3) is 0.538. The molecule has 1 N–H and O–H groups in total. The third-order valence-electron chi connectivity index (χ3n) is 2.42. The number of benzene rings is 1. The van der Waals surface area contributed by atoms with Gasteiger partial charge in [0.2, 0.25) is 0 Å². The predicted molar refractivity (Wildman–Crippen MR) is 68.2 cm³/mol. The summed E-state index contributed by atoms with van der Waals surface area (Å²) in [5, 5.41) is 10.3. The van der Waals surface area contributed by atoms with Crippen LogP contribution in [-0.2, 0) is 5.60 Å². The lowest BCUT2D eigenvalue weighted by Gasteiger charge is -2.23. The van der Waals surface area contributed by atoms with Crippen LogP contribution in [0.5, 0.6) is 0 Å². The monoisotopic (exact) mass is 224 g/mol. The normalized spacial score (nSPS) is 14.9. The number of hydrogen-bond acceptors (Lipinski definition) is 2. The average Bonchev–Trinajstić information content (AvgIpc) is 2.26. The minimum absolute atomic E-state index is 0.695. The quantitative estimate of drug-likeness (QED) is 0.747. The smallest absolute Gasteiger partial charge is 0.0958 e. The highest BCUT2D eigenvalue weighted by Gasteiger charge is 2.22. The summed E-state index contributed by atoms with van der Waals surface area (Å²) in [6.07, 6.45) is 2.45. The van der Waals surface area contributed by atoms with Gasteiger partial charge in [-0.15, -0.1) is 0 Å². The summed E-state index contributed by atoms with van der Waals surface area (Å²) in [6, 6.07) is 9.89. The van der Waals surface area contributed by atoms with Crippen molar-refractivity contribution in [3.05, 3.63) is 35.9 Å². The molecule has 0 bridgehead atoms. The summed E-state index contributed by atoms with van der Waals surface area (Å²) in [7, 11) is 0. The number of aliphatic hydroxyl groups is 1. The lowest BCUT2D eigenvalue weighted by Crippen LogP contribution is -2.24. The Bertz CT molecular complexity index is 269. The lowest BCUT2D eigenvalue weighted by molar-refractivity contribution is 0.0839. The van der Waals surface area contributed by atoms with Crippen LogP contribution in [0.15, 0.2) is 30.3 Å². The Kier molecular flexibility index (Phi) is 5.20. The third-order valence-corrected chi connectivity index (χ3v) is 3.76. The summed E-state index contributed by atoms with van der Waals surface area (Å²) >= 11 is 1.83. The molecular weight excluding hydrogens is 204 g/mol. The molecule has 0 aliphatic carbocycles. The topological polar surface area (TPSA) is 20.2 Å². The first kappa shape index (κ1) is 12.6. The standard InChI is InChI=1S/C13H20OS/c1-3-4-10-15-11-13(2,14)12-8-6-5-7-9-12/h5-9,14H,3-4,10-11H2,1-2H3. The fourth-order valence-corrected chi connectivity index (χ4v) is 2.60. The fourth-order valence-electron chi connectivity index (χ4n) is 1.40. The van der Waals surface area contributed by atoms with E-state index in [1.807, 2.05) is 49.0 Å². The summed E-state index contributed by atoms with van der Waals surface area (Å²) in [5.74, 6) is 1.91. The van der Waals surface area contributed by atoms with E-state index < -0.39 is 5.60 Å². The summed E-state index contributed by atoms with van der Waals surface area (Å²) in [6.45, 7) is 4.08. The van der Waals surface area contributed by atoms with Gasteiger partial charge in [-0.3, -0.25) is 0 Å². The van der Waals surface area contributed by atoms with Crippen LogP contribution in [0, 0.1) is 0 Å². The van der Waals surface area contributed by atoms with Crippen molar-refractivity contribution in [1.29, 1.82) is 0 Å². The highest BCUT2D eigenvalue weighted by Crippen LogP contribution is 2.25. The van der Waals surface area contributed by atoms with Gasteiger partial charge >= 0.3 is 0 Å². The van der Waals surface area contributed by atoms with Gasteiger partial charge < -0.3 is 5.11 Å². The number of thioether (sulfide) groups is 1. The molecule has 0 spiro atoms. The van der Waals surface area contributed by atoms with Crippen molar-refractivity contribution in [1.82, 2.24) is 0 Å². The van der Waals surface area contributed by atoms with E-state index in [-0.39, 0.29) is 0 Å². The molecule has 84 valence electrons. The van der Waals surface area contributed by atoms with Crippen molar-refractivity contribution in [3.8, 4) is 0 Å². The molecule has 0 saturated heterocycles. The summed E-state index contributed by atoms with van der Waals surface area (Å²) in [4.78, 5) is 0. The van der Waals surface area contributed by atoms with E-state index >= 15 is 0 Å². The zero-order chi connectivity index (χ0) is 11.1. The van der Waals surface area contributed by atoms with E-state index in [0.29, 0.717) is 0 Å². The molecule has 1 nitrogen and oxygen atoms in total. The first-order valence-corrected chi connectivity index (χ1v) is 6.68. The number of rotatable bonds is 6. The molecule has 0 saturated carbocycles.